The minimum absolute atomic E-state index is 0.0201. The van der Waals surface area contributed by atoms with E-state index in [2.05, 4.69) is 0 Å². The third-order valence-electron chi connectivity index (χ3n) is 7.23. The Balaban J connectivity index is 5.46. The molecule has 2 atom stereocenters. The summed E-state index contributed by atoms with van der Waals surface area (Å²) >= 11 is 0. The van der Waals surface area contributed by atoms with Crippen molar-refractivity contribution in [3.8, 4) is 0 Å². The summed E-state index contributed by atoms with van der Waals surface area (Å²) in [5.74, 6) is -0.490. The molecule has 0 amide bonds. The Morgan fingerprint density at radius 3 is 1.53 bits per heavy atom. The van der Waals surface area contributed by atoms with Crippen LogP contribution in [0.4, 0.5) is 0 Å². The Morgan fingerprint density at radius 1 is 0.719 bits per heavy atom. The van der Waals surface area contributed by atoms with E-state index in [0.29, 0.717) is 0 Å². The fourth-order valence-corrected chi connectivity index (χ4v) is 2.80. The predicted molar refractivity (Wildman–Crippen MR) is 133 cm³/mol. The molecule has 0 bridgehead atoms. The first-order valence-corrected chi connectivity index (χ1v) is 11.8. The Kier molecular flexibility index (Phi) is 9.51. The van der Waals surface area contributed by atoms with Crippen molar-refractivity contribution in [2.24, 2.45) is 16.7 Å². The van der Waals surface area contributed by atoms with E-state index in [4.69, 9.17) is 14.1 Å². The Labute approximate surface area is 199 Å². The van der Waals surface area contributed by atoms with Crippen molar-refractivity contribution in [2.45, 2.75) is 139 Å². The SMILES string of the molecule is CC(OC(C)(C)C)C(=O)C(C)(C)C(C)(C)O[B]C(C)(C)C(C)(C)OC(=O)C(C)C(C)(C)C. The van der Waals surface area contributed by atoms with Gasteiger partial charge in [-0.1, -0.05) is 55.4 Å². The highest BCUT2D eigenvalue weighted by atomic mass is 16.6. The van der Waals surface area contributed by atoms with Gasteiger partial charge in [0.25, 0.3) is 0 Å². The van der Waals surface area contributed by atoms with Crippen LogP contribution in [-0.4, -0.2) is 42.1 Å². The summed E-state index contributed by atoms with van der Waals surface area (Å²) in [4.78, 5) is 26.0. The molecular weight excluding hydrogens is 403 g/mol. The second kappa shape index (κ2) is 9.78. The molecule has 0 aliphatic heterocycles. The normalized spacial score (nSPS) is 16.4. The lowest BCUT2D eigenvalue weighted by Crippen LogP contribution is -2.54. The van der Waals surface area contributed by atoms with Gasteiger partial charge in [-0.25, -0.2) is 0 Å². The summed E-state index contributed by atoms with van der Waals surface area (Å²) < 4.78 is 18.1. The second-order valence-electron chi connectivity index (χ2n) is 13.3. The average molecular weight is 453 g/mol. The molecule has 0 aromatic heterocycles. The minimum atomic E-state index is -0.814. The zero-order valence-corrected chi connectivity index (χ0v) is 23.8. The molecule has 1 radical (unpaired) electrons. The molecule has 0 heterocycles. The zero-order chi connectivity index (χ0) is 26.1. The third kappa shape index (κ3) is 7.86. The molecule has 0 spiro atoms. The van der Waals surface area contributed by atoms with Gasteiger partial charge in [0, 0.05) is 5.31 Å². The van der Waals surface area contributed by atoms with Crippen LogP contribution in [-0.2, 0) is 23.7 Å². The van der Waals surface area contributed by atoms with Gasteiger partial charge in [0.05, 0.1) is 22.5 Å². The van der Waals surface area contributed by atoms with E-state index < -0.39 is 33.6 Å². The lowest BCUT2D eigenvalue weighted by Gasteiger charge is -2.46. The number of ether oxygens (including phenoxy) is 2. The molecule has 32 heavy (non-hydrogen) atoms. The fourth-order valence-electron chi connectivity index (χ4n) is 2.80. The maximum Gasteiger partial charge on any atom is 0.309 e. The van der Waals surface area contributed by atoms with E-state index >= 15 is 0 Å². The summed E-state index contributed by atoms with van der Waals surface area (Å²) in [6.45, 7) is 30.9. The van der Waals surface area contributed by atoms with Gasteiger partial charge in [-0.05, 0) is 60.8 Å². The lowest BCUT2D eigenvalue weighted by atomic mass is 9.56. The molecule has 0 aliphatic rings. The number of esters is 1. The molecule has 0 aliphatic carbocycles. The van der Waals surface area contributed by atoms with Gasteiger partial charge in [-0.2, -0.15) is 0 Å². The van der Waals surface area contributed by atoms with Crippen LogP contribution in [0.2, 0.25) is 5.31 Å². The first-order valence-electron chi connectivity index (χ1n) is 11.8. The minimum Gasteiger partial charge on any atom is -0.460 e. The van der Waals surface area contributed by atoms with E-state index in [1.165, 1.54) is 0 Å². The van der Waals surface area contributed by atoms with Gasteiger partial charge >= 0.3 is 13.5 Å². The van der Waals surface area contributed by atoms with Gasteiger partial charge in [-0.15, -0.1) is 0 Å². The van der Waals surface area contributed by atoms with E-state index in [1.54, 1.807) is 14.4 Å². The zero-order valence-electron chi connectivity index (χ0n) is 23.8. The first kappa shape index (κ1) is 31.1. The monoisotopic (exact) mass is 453 g/mol. The van der Waals surface area contributed by atoms with Crippen LogP contribution in [0.1, 0.15) is 111 Å². The number of Topliss-reactive ketones (excluding diaryl/α,β-unsaturated/α-hetero) is 1. The smallest absolute Gasteiger partial charge is 0.309 e. The topological polar surface area (TPSA) is 61.8 Å². The molecule has 0 rings (SSSR count). The van der Waals surface area contributed by atoms with Gasteiger partial charge in [0.1, 0.15) is 11.7 Å². The molecule has 187 valence electrons. The molecule has 0 aromatic carbocycles. The van der Waals surface area contributed by atoms with Crippen molar-refractivity contribution in [1.29, 1.82) is 0 Å². The van der Waals surface area contributed by atoms with E-state index in [0.717, 1.165) is 0 Å². The molecule has 0 aromatic rings. The van der Waals surface area contributed by atoms with Gasteiger partial charge in [-0.3, -0.25) is 9.59 Å². The molecule has 5 nitrogen and oxygen atoms in total. The molecule has 0 saturated carbocycles. The fraction of sp³-hybridized carbons (Fsp3) is 0.923. The summed E-state index contributed by atoms with van der Waals surface area (Å²) in [6, 6.07) is 0. The van der Waals surface area contributed by atoms with Crippen LogP contribution in [0.15, 0.2) is 0 Å². The number of carbonyl (C=O) groups excluding carboxylic acids is 2. The summed E-state index contributed by atoms with van der Waals surface area (Å²) in [5, 5.41) is -0.607. The highest BCUT2D eigenvalue weighted by Gasteiger charge is 2.50. The second-order valence-corrected chi connectivity index (χ2v) is 13.3. The summed E-state index contributed by atoms with van der Waals surface area (Å²) in [6.07, 6.45) is -0.558. The maximum absolute atomic E-state index is 13.2. The standard InChI is InChI=1S/C26H50BO5/c1-17(21(3,4)5)20(29)31-26(15,16)24(11,12)27-32-25(13,14)23(9,10)19(28)18(2)30-22(6,7)8/h17-18H,1-16H3. The number of hydrogen-bond acceptors (Lipinski definition) is 5. The van der Waals surface area contributed by atoms with Crippen molar-refractivity contribution in [1.82, 2.24) is 0 Å². The summed E-state index contributed by atoms with van der Waals surface area (Å²) in [7, 11) is 1.71. The summed E-state index contributed by atoms with van der Waals surface area (Å²) in [5.41, 5.74) is -3.03. The van der Waals surface area contributed by atoms with Gasteiger partial charge in [0.15, 0.2) is 5.78 Å². The van der Waals surface area contributed by atoms with Crippen LogP contribution in [0.3, 0.4) is 0 Å². The highest BCUT2D eigenvalue weighted by molar-refractivity contribution is 6.33. The Bertz CT molecular complexity index is 663. The van der Waals surface area contributed by atoms with Gasteiger partial charge in [0.2, 0.25) is 0 Å². The van der Waals surface area contributed by atoms with E-state index in [9.17, 15) is 9.59 Å². The highest BCUT2D eigenvalue weighted by Crippen LogP contribution is 2.44. The van der Waals surface area contributed by atoms with Crippen molar-refractivity contribution in [3.05, 3.63) is 0 Å². The third-order valence-corrected chi connectivity index (χ3v) is 7.23. The van der Waals surface area contributed by atoms with Crippen molar-refractivity contribution in [3.63, 3.8) is 0 Å². The number of ketones is 1. The molecule has 6 heteroatoms. The molecule has 0 fully saturated rings. The Hall–Kier alpha value is -0.875. The quantitative estimate of drug-likeness (QED) is 0.283. The van der Waals surface area contributed by atoms with Gasteiger partial charge < -0.3 is 14.1 Å². The van der Waals surface area contributed by atoms with Crippen molar-refractivity contribution in [2.75, 3.05) is 0 Å². The predicted octanol–water partition coefficient (Wildman–Crippen LogP) is 6.40. The number of rotatable bonds is 10. The first-order chi connectivity index (χ1) is 13.8. The number of carbonyl (C=O) groups is 2. The average Bonchev–Trinajstić information content (AvgIpc) is 2.55. The van der Waals surface area contributed by atoms with Crippen LogP contribution >= 0.6 is 0 Å². The lowest BCUT2D eigenvalue weighted by molar-refractivity contribution is -0.168. The molecular formula is C26H50BO5. The Morgan fingerprint density at radius 2 is 1.16 bits per heavy atom. The van der Waals surface area contributed by atoms with E-state index in [-0.39, 0.29) is 23.1 Å². The van der Waals surface area contributed by atoms with Crippen LogP contribution in [0, 0.1) is 16.7 Å². The van der Waals surface area contributed by atoms with Crippen molar-refractivity contribution < 1.29 is 23.7 Å². The largest absolute Gasteiger partial charge is 0.460 e. The van der Waals surface area contributed by atoms with Crippen LogP contribution < -0.4 is 0 Å². The van der Waals surface area contributed by atoms with Crippen LogP contribution in [0.5, 0.6) is 0 Å². The molecule has 0 saturated heterocycles. The number of hydrogen-bond donors (Lipinski definition) is 0. The van der Waals surface area contributed by atoms with Crippen LogP contribution in [0.25, 0.3) is 0 Å². The molecule has 2 unspecified atom stereocenters. The maximum atomic E-state index is 13.2. The van der Waals surface area contributed by atoms with E-state index in [1.807, 2.05) is 104 Å². The van der Waals surface area contributed by atoms with Crippen molar-refractivity contribution >= 4 is 19.2 Å². The molecule has 0 N–H and O–H groups in total.